The van der Waals surface area contributed by atoms with Gasteiger partial charge >= 0.3 is 0 Å². The minimum Gasteiger partial charge on any atom is -0.505 e. The highest BCUT2D eigenvalue weighted by atomic mass is 19.2. The number of rotatable bonds is 5. The van der Waals surface area contributed by atoms with Crippen LogP contribution in [-0.2, 0) is 0 Å². The minimum atomic E-state index is -1.20. The Labute approximate surface area is 130 Å². The molecule has 0 aliphatic rings. The zero-order valence-electron chi connectivity index (χ0n) is 13.2. The lowest BCUT2D eigenvalue weighted by atomic mass is 9.91. The monoisotopic (exact) mass is 304 g/mol. The van der Waals surface area contributed by atoms with E-state index in [0.717, 1.165) is 6.42 Å². The summed E-state index contributed by atoms with van der Waals surface area (Å²) in [4.78, 5) is 0. The predicted molar refractivity (Wildman–Crippen MR) is 85.9 cm³/mol. The van der Waals surface area contributed by atoms with Crippen LogP contribution >= 0.6 is 0 Å². The van der Waals surface area contributed by atoms with Crippen molar-refractivity contribution in [1.29, 1.82) is 0 Å². The molecule has 0 saturated heterocycles. The quantitative estimate of drug-likeness (QED) is 0.731. The molecular formula is C19H22F2O. The Morgan fingerprint density at radius 3 is 2.09 bits per heavy atom. The summed E-state index contributed by atoms with van der Waals surface area (Å²) < 4.78 is 27.3. The van der Waals surface area contributed by atoms with Crippen LogP contribution in [0.25, 0.3) is 11.1 Å². The largest absolute Gasteiger partial charge is 0.505 e. The molecule has 0 fully saturated rings. The summed E-state index contributed by atoms with van der Waals surface area (Å²) in [5.74, 6) is -1.76. The van der Waals surface area contributed by atoms with Gasteiger partial charge in [-0.1, -0.05) is 51.5 Å². The van der Waals surface area contributed by atoms with E-state index in [2.05, 4.69) is 20.8 Å². The molecule has 2 aromatic carbocycles. The Bertz CT molecular complexity index is 633. The Balaban J connectivity index is 2.20. The first kappa shape index (κ1) is 16.5. The fourth-order valence-corrected chi connectivity index (χ4v) is 2.50. The average molecular weight is 304 g/mol. The molecule has 22 heavy (non-hydrogen) atoms. The third kappa shape index (κ3) is 3.65. The first-order valence-electron chi connectivity index (χ1n) is 7.67. The minimum absolute atomic E-state index is 0.164. The maximum atomic E-state index is 13.9. The third-order valence-electron chi connectivity index (χ3n) is 4.03. The second kappa shape index (κ2) is 6.91. The summed E-state index contributed by atoms with van der Waals surface area (Å²) in [6.07, 6.45) is 2.28. The number of phenols is 1. The second-order valence-corrected chi connectivity index (χ2v) is 6.25. The van der Waals surface area contributed by atoms with Gasteiger partial charge in [0.2, 0.25) is 5.82 Å². The van der Waals surface area contributed by atoms with Gasteiger partial charge in [-0.3, -0.25) is 0 Å². The fraction of sp³-hybridized carbons (Fsp3) is 0.368. The first-order valence-corrected chi connectivity index (χ1v) is 7.67. The van der Waals surface area contributed by atoms with Crippen molar-refractivity contribution in [2.24, 2.45) is 5.92 Å². The van der Waals surface area contributed by atoms with Crippen molar-refractivity contribution in [3.8, 4) is 16.9 Å². The van der Waals surface area contributed by atoms with Crippen molar-refractivity contribution in [2.45, 2.75) is 39.5 Å². The van der Waals surface area contributed by atoms with Gasteiger partial charge in [0, 0.05) is 5.56 Å². The molecule has 3 heteroatoms. The van der Waals surface area contributed by atoms with Crippen molar-refractivity contribution in [3.63, 3.8) is 0 Å². The second-order valence-electron chi connectivity index (χ2n) is 6.25. The van der Waals surface area contributed by atoms with Crippen LogP contribution in [0.3, 0.4) is 0 Å². The molecular weight excluding hydrogens is 282 g/mol. The molecule has 1 nitrogen and oxygen atoms in total. The number of benzene rings is 2. The zero-order chi connectivity index (χ0) is 16.3. The molecule has 0 spiro atoms. The van der Waals surface area contributed by atoms with Crippen LogP contribution in [-0.4, -0.2) is 5.11 Å². The van der Waals surface area contributed by atoms with Crippen LogP contribution in [0.2, 0.25) is 0 Å². The van der Waals surface area contributed by atoms with E-state index in [0.29, 0.717) is 17.4 Å². The highest BCUT2D eigenvalue weighted by Gasteiger charge is 2.14. The summed E-state index contributed by atoms with van der Waals surface area (Å²) in [5.41, 5.74) is 1.97. The van der Waals surface area contributed by atoms with Gasteiger partial charge in [0.1, 0.15) is 0 Å². The van der Waals surface area contributed by atoms with Gasteiger partial charge in [-0.05, 0) is 41.5 Å². The van der Waals surface area contributed by atoms with Crippen LogP contribution in [0.4, 0.5) is 8.78 Å². The summed E-state index contributed by atoms with van der Waals surface area (Å²) in [6.45, 7) is 6.59. The molecule has 1 unspecified atom stereocenters. The van der Waals surface area contributed by atoms with Gasteiger partial charge in [-0.25, -0.2) is 4.39 Å². The lowest BCUT2D eigenvalue weighted by Gasteiger charge is -2.14. The predicted octanol–water partition coefficient (Wildman–Crippen LogP) is 5.88. The Morgan fingerprint density at radius 2 is 1.50 bits per heavy atom. The van der Waals surface area contributed by atoms with Gasteiger partial charge < -0.3 is 5.11 Å². The fourth-order valence-electron chi connectivity index (χ4n) is 2.50. The van der Waals surface area contributed by atoms with E-state index in [1.165, 1.54) is 24.1 Å². The van der Waals surface area contributed by atoms with E-state index < -0.39 is 17.4 Å². The molecule has 2 aromatic rings. The summed E-state index contributed by atoms with van der Waals surface area (Å²) in [6, 6.07) is 10.1. The molecule has 1 atom stereocenters. The molecule has 0 heterocycles. The van der Waals surface area contributed by atoms with Crippen molar-refractivity contribution >= 4 is 0 Å². The molecule has 118 valence electrons. The van der Waals surface area contributed by atoms with Gasteiger partial charge in [-0.15, -0.1) is 0 Å². The number of hydrogen-bond donors (Lipinski definition) is 1. The van der Waals surface area contributed by atoms with Crippen molar-refractivity contribution in [3.05, 3.63) is 53.6 Å². The zero-order valence-corrected chi connectivity index (χ0v) is 13.2. The van der Waals surface area contributed by atoms with E-state index >= 15 is 0 Å². The van der Waals surface area contributed by atoms with E-state index in [1.54, 1.807) is 12.1 Å². The Morgan fingerprint density at radius 1 is 0.864 bits per heavy atom. The normalized spacial score (nSPS) is 12.6. The standard InChI is InChI=1S/C19H22F2O/c1-12(2)4-5-13(3)14-6-8-15(9-7-14)16-10-11-17(22)19(21)18(16)20/h6-13,22H,4-5H2,1-3H3. The lowest BCUT2D eigenvalue weighted by molar-refractivity contribution is 0.408. The number of hydrogen-bond acceptors (Lipinski definition) is 1. The number of phenolic OH excluding ortho intramolecular Hbond substituents is 1. The Kier molecular flexibility index (Phi) is 5.17. The molecule has 0 aromatic heterocycles. The van der Waals surface area contributed by atoms with Crippen LogP contribution in [0, 0.1) is 17.6 Å². The van der Waals surface area contributed by atoms with Crippen molar-refractivity contribution < 1.29 is 13.9 Å². The topological polar surface area (TPSA) is 20.2 Å². The molecule has 0 bridgehead atoms. The third-order valence-corrected chi connectivity index (χ3v) is 4.03. The summed E-state index contributed by atoms with van der Waals surface area (Å²) >= 11 is 0. The highest BCUT2D eigenvalue weighted by molar-refractivity contribution is 5.65. The van der Waals surface area contributed by atoms with Gasteiger partial charge in [0.15, 0.2) is 11.6 Å². The molecule has 0 radical (unpaired) electrons. The summed E-state index contributed by atoms with van der Waals surface area (Å²) in [5, 5.41) is 9.18. The van der Waals surface area contributed by atoms with Crippen LogP contribution in [0.15, 0.2) is 36.4 Å². The number of halogens is 2. The smallest absolute Gasteiger partial charge is 0.200 e. The average Bonchev–Trinajstić information content (AvgIpc) is 2.51. The molecule has 0 aliphatic heterocycles. The first-order chi connectivity index (χ1) is 10.4. The van der Waals surface area contributed by atoms with E-state index in [4.69, 9.17) is 0 Å². The van der Waals surface area contributed by atoms with Gasteiger partial charge in [0.25, 0.3) is 0 Å². The highest BCUT2D eigenvalue weighted by Crippen LogP contribution is 2.31. The van der Waals surface area contributed by atoms with Crippen LogP contribution in [0.5, 0.6) is 5.75 Å². The maximum Gasteiger partial charge on any atom is 0.200 e. The lowest BCUT2D eigenvalue weighted by Crippen LogP contribution is -1.97. The van der Waals surface area contributed by atoms with Crippen LogP contribution < -0.4 is 0 Å². The maximum absolute atomic E-state index is 13.9. The van der Waals surface area contributed by atoms with E-state index in [9.17, 15) is 13.9 Å². The van der Waals surface area contributed by atoms with Crippen molar-refractivity contribution in [2.75, 3.05) is 0 Å². The van der Waals surface area contributed by atoms with Gasteiger partial charge in [-0.2, -0.15) is 4.39 Å². The van der Waals surface area contributed by atoms with Gasteiger partial charge in [0.05, 0.1) is 0 Å². The van der Waals surface area contributed by atoms with Crippen LogP contribution in [0.1, 0.15) is 45.1 Å². The Hall–Kier alpha value is -1.90. The SMILES string of the molecule is CC(C)CCC(C)c1ccc(-c2ccc(O)c(F)c2F)cc1. The molecule has 0 aliphatic carbocycles. The molecule has 0 amide bonds. The molecule has 0 saturated carbocycles. The summed E-state index contributed by atoms with van der Waals surface area (Å²) in [7, 11) is 0. The van der Waals surface area contributed by atoms with E-state index in [1.807, 2.05) is 12.1 Å². The van der Waals surface area contributed by atoms with Crippen molar-refractivity contribution in [1.82, 2.24) is 0 Å². The molecule has 1 N–H and O–H groups in total. The number of aromatic hydroxyl groups is 1. The molecule has 2 rings (SSSR count). The van der Waals surface area contributed by atoms with E-state index in [-0.39, 0.29) is 5.56 Å².